The van der Waals surface area contributed by atoms with Gasteiger partial charge < -0.3 is 24.6 Å². The Labute approximate surface area is 175 Å². The molecule has 0 saturated carbocycles. The van der Waals surface area contributed by atoms with E-state index in [0.29, 0.717) is 27.6 Å². The Morgan fingerprint density at radius 3 is 2.47 bits per heavy atom. The number of carboxylic acid groups (broad SMARTS) is 1. The molecule has 4 rings (SSSR count). The van der Waals surface area contributed by atoms with Crippen LogP contribution in [-0.2, 0) is 14.4 Å². The number of hydrogen-bond acceptors (Lipinski definition) is 6. The van der Waals surface area contributed by atoms with Gasteiger partial charge in [0.1, 0.15) is 5.76 Å². The molecule has 2 N–H and O–H groups in total. The summed E-state index contributed by atoms with van der Waals surface area (Å²) in [6.07, 6.45) is -0.352. The van der Waals surface area contributed by atoms with Crippen molar-refractivity contribution >= 4 is 35.0 Å². The van der Waals surface area contributed by atoms with Gasteiger partial charge in [-0.2, -0.15) is 0 Å². The minimum absolute atomic E-state index is 0.0444. The highest BCUT2D eigenvalue weighted by molar-refractivity contribution is 6.46. The summed E-state index contributed by atoms with van der Waals surface area (Å²) < 4.78 is 10.7. The zero-order chi connectivity index (χ0) is 21.4. The molecule has 1 fully saturated rings. The number of aliphatic hydroxyl groups excluding tert-OH is 1. The van der Waals surface area contributed by atoms with Crippen molar-refractivity contribution < 1.29 is 34.1 Å². The maximum Gasteiger partial charge on any atom is 0.305 e. The molecule has 1 amide bonds. The molecular weight excluding hydrogens is 414 g/mol. The van der Waals surface area contributed by atoms with Gasteiger partial charge in [-0.15, -0.1) is 0 Å². The molecule has 8 nitrogen and oxygen atoms in total. The molecular formula is C21H16ClNO7. The summed E-state index contributed by atoms with van der Waals surface area (Å²) in [4.78, 5) is 37.7. The fourth-order valence-electron chi connectivity index (χ4n) is 3.52. The van der Waals surface area contributed by atoms with Gasteiger partial charge in [-0.05, 0) is 42.0 Å². The number of amides is 1. The van der Waals surface area contributed by atoms with Crippen LogP contribution in [0.1, 0.15) is 23.6 Å². The normalized spacial score (nSPS) is 19.4. The van der Waals surface area contributed by atoms with E-state index in [1.807, 2.05) is 0 Å². The van der Waals surface area contributed by atoms with Crippen molar-refractivity contribution in [2.24, 2.45) is 0 Å². The summed E-state index contributed by atoms with van der Waals surface area (Å²) >= 11 is 5.89. The topological polar surface area (TPSA) is 113 Å². The van der Waals surface area contributed by atoms with E-state index in [-0.39, 0.29) is 31.1 Å². The molecule has 30 heavy (non-hydrogen) atoms. The van der Waals surface area contributed by atoms with Gasteiger partial charge in [0.15, 0.2) is 11.5 Å². The van der Waals surface area contributed by atoms with Crippen LogP contribution in [0.3, 0.4) is 0 Å². The summed E-state index contributed by atoms with van der Waals surface area (Å²) in [6.45, 7) is -0.154. The second kappa shape index (κ2) is 7.72. The molecule has 9 heteroatoms. The Balaban J connectivity index is 1.84. The largest absolute Gasteiger partial charge is 0.507 e. The first kappa shape index (κ1) is 19.8. The maximum absolute atomic E-state index is 12.8. The second-order valence-electron chi connectivity index (χ2n) is 6.76. The number of ether oxygens (including phenoxy) is 2. The van der Waals surface area contributed by atoms with Crippen LogP contribution in [0.15, 0.2) is 48.0 Å². The number of carbonyl (C=O) groups is 3. The summed E-state index contributed by atoms with van der Waals surface area (Å²) in [5.41, 5.74) is 0.660. The highest BCUT2D eigenvalue weighted by Crippen LogP contribution is 2.43. The van der Waals surface area contributed by atoms with Crippen LogP contribution in [0.2, 0.25) is 5.02 Å². The summed E-state index contributed by atoms with van der Waals surface area (Å²) in [5, 5.41) is 20.4. The molecule has 2 aliphatic rings. The van der Waals surface area contributed by atoms with Crippen molar-refractivity contribution in [3.63, 3.8) is 0 Å². The highest BCUT2D eigenvalue weighted by Gasteiger charge is 2.46. The van der Waals surface area contributed by atoms with Gasteiger partial charge in [0, 0.05) is 17.1 Å². The van der Waals surface area contributed by atoms with E-state index in [0.717, 1.165) is 4.90 Å². The van der Waals surface area contributed by atoms with Crippen molar-refractivity contribution in [1.29, 1.82) is 0 Å². The zero-order valence-electron chi connectivity index (χ0n) is 15.5. The van der Waals surface area contributed by atoms with Gasteiger partial charge in [-0.3, -0.25) is 14.4 Å². The number of Topliss-reactive ketones (excluding diaryl/α,β-unsaturated/α-hetero) is 1. The highest BCUT2D eigenvalue weighted by atomic mass is 35.5. The Kier molecular flexibility index (Phi) is 5.09. The number of nitrogens with zero attached hydrogens (tertiary/aromatic N) is 1. The summed E-state index contributed by atoms with van der Waals surface area (Å²) in [5.74, 6) is -2.31. The van der Waals surface area contributed by atoms with Crippen LogP contribution >= 0.6 is 11.6 Å². The number of ketones is 1. The number of hydrogen-bond donors (Lipinski definition) is 2. The fourth-order valence-corrected chi connectivity index (χ4v) is 3.65. The molecule has 1 atom stereocenters. The molecule has 0 radical (unpaired) electrons. The molecule has 2 aromatic carbocycles. The van der Waals surface area contributed by atoms with Crippen molar-refractivity contribution in [1.82, 2.24) is 4.90 Å². The third-order valence-electron chi connectivity index (χ3n) is 4.94. The number of halogens is 1. The standard InChI is InChI=1S/C21H16ClNO7/c22-13-4-1-11(2-5-13)19(26)17-18(12-3-6-14-15(9-12)30-10-29-14)23(8-7-16(24)25)21(28)20(17)27/h1-6,9,18,26H,7-8,10H2,(H,24,25)/t18-/m1/s1. The lowest BCUT2D eigenvalue weighted by Crippen LogP contribution is -2.31. The molecule has 0 spiro atoms. The van der Waals surface area contributed by atoms with Crippen LogP contribution in [-0.4, -0.2) is 46.1 Å². The van der Waals surface area contributed by atoms with E-state index in [4.69, 9.17) is 26.2 Å². The Hall–Kier alpha value is -3.52. The Morgan fingerprint density at radius 1 is 1.07 bits per heavy atom. The molecule has 2 aliphatic heterocycles. The minimum Gasteiger partial charge on any atom is -0.507 e. The molecule has 0 bridgehead atoms. The van der Waals surface area contributed by atoms with Gasteiger partial charge in [0.05, 0.1) is 18.0 Å². The first-order valence-electron chi connectivity index (χ1n) is 9.02. The van der Waals surface area contributed by atoms with E-state index in [2.05, 4.69) is 0 Å². The van der Waals surface area contributed by atoms with Gasteiger partial charge >= 0.3 is 5.97 Å². The first-order chi connectivity index (χ1) is 14.4. The number of likely N-dealkylation sites (tertiary alicyclic amines) is 1. The number of carbonyl (C=O) groups excluding carboxylic acids is 2. The predicted molar refractivity (Wildman–Crippen MR) is 105 cm³/mol. The quantitative estimate of drug-likeness (QED) is 0.426. The lowest BCUT2D eigenvalue weighted by molar-refractivity contribution is -0.142. The van der Waals surface area contributed by atoms with Crippen LogP contribution in [0.5, 0.6) is 11.5 Å². The van der Waals surface area contributed by atoms with Crippen LogP contribution < -0.4 is 9.47 Å². The number of aliphatic hydroxyl groups is 1. The van der Waals surface area contributed by atoms with Gasteiger partial charge in [0.2, 0.25) is 6.79 Å². The molecule has 0 unspecified atom stereocenters. The summed E-state index contributed by atoms with van der Waals surface area (Å²) in [6, 6.07) is 10.1. The third-order valence-corrected chi connectivity index (χ3v) is 5.19. The van der Waals surface area contributed by atoms with E-state index in [1.54, 1.807) is 30.3 Å². The maximum atomic E-state index is 12.8. The number of rotatable bonds is 5. The van der Waals surface area contributed by atoms with E-state index >= 15 is 0 Å². The molecule has 2 aromatic rings. The van der Waals surface area contributed by atoms with E-state index in [9.17, 15) is 19.5 Å². The van der Waals surface area contributed by atoms with Crippen molar-refractivity contribution in [3.05, 3.63) is 64.2 Å². The molecule has 154 valence electrons. The smallest absolute Gasteiger partial charge is 0.305 e. The number of benzene rings is 2. The minimum atomic E-state index is -1.11. The SMILES string of the molecule is O=C(O)CCN1C(=O)C(=O)C(=C(O)c2ccc(Cl)cc2)[C@H]1c1ccc2c(c1)OCO2. The van der Waals surface area contributed by atoms with Crippen LogP contribution in [0.25, 0.3) is 5.76 Å². The van der Waals surface area contributed by atoms with Crippen LogP contribution in [0, 0.1) is 0 Å². The lowest BCUT2D eigenvalue weighted by Gasteiger charge is -2.25. The lowest BCUT2D eigenvalue weighted by atomic mass is 9.95. The fraction of sp³-hybridized carbons (Fsp3) is 0.190. The Morgan fingerprint density at radius 2 is 1.77 bits per heavy atom. The van der Waals surface area contributed by atoms with Crippen LogP contribution in [0.4, 0.5) is 0 Å². The second-order valence-corrected chi connectivity index (χ2v) is 7.19. The van der Waals surface area contributed by atoms with Crippen molar-refractivity contribution in [2.45, 2.75) is 12.5 Å². The Bertz CT molecular complexity index is 1080. The number of carboxylic acids is 1. The van der Waals surface area contributed by atoms with Gasteiger partial charge in [-0.1, -0.05) is 17.7 Å². The average Bonchev–Trinajstić information content (AvgIpc) is 3.29. The molecule has 0 aromatic heterocycles. The predicted octanol–water partition coefficient (Wildman–Crippen LogP) is 2.97. The van der Waals surface area contributed by atoms with E-state index in [1.165, 1.54) is 12.1 Å². The molecule has 2 heterocycles. The van der Waals surface area contributed by atoms with Crippen molar-refractivity contribution in [2.75, 3.05) is 13.3 Å². The summed E-state index contributed by atoms with van der Waals surface area (Å²) in [7, 11) is 0. The zero-order valence-corrected chi connectivity index (χ0v) is 16.3. The number of fused-ring (bicyclic) bond motifs is 1. The van der Waals surface area contributed by atoms with Gasteiger partial charge in [0.25, 0.3) is 11.7 Å². The monoisotopic (exact) mass is 429 g/mol. The number of aliphatic carboxylic acids is 1. The molecule has 1 saturated heterocycles. The third kappa shape index (κ3) is 3.46. The van der Waals surface area contributed by atoms with E-state index < -0.39 is 23.7 Å². The van der Waals surface area contributed by atoms with Gasteiger partial charge in [-0.25, -0.2) is 0 Å². The average molecular weight is 430 g/mol. The molecule has 0 aliphatic carbocycles. The first-order valence-corrected chi connectivity index (χ1v) is 9.40. The van der Waals surface area contributed by atoms with Crippen molar-refractivity contribution in [3.8, 4) is 11.5 Å².